The molecule has 0 saturated heterocycles. The zero-order valence-corrected chi connectivity index (χ0v) is 5.71. The summed E-state index contributed by atoms with van der Waals surface area (Å²) in [6, 6.07) is -0.127. The van der Waals surface area contributed by atoms with Crippen LogP contribution in [0.4, 0.5) is 0 Å². The Bertz CT molecular complexity index is 153. The van der Waals surface area contributed by atoms with Gasteiger partial charge in [-0.25, -0.2) is 5.53 Å². The Morgan fingerprint density at radius 2 is 2.40 bits per heavy atom. The van der Waals surface area contributed by atoms with E-state index >= 15 is 0 Å². The zero-order chi connectivity index (χ0) is 7.56. The molecule has 56 valence electrons. The maximum Gasteiger partial charge on any atom is 0.219 e. The first kappa shape index (κ1) is 7.18. The Labute approximate surface area is 59.3 Å². The van der Waals surface area contributed by atoms with Gasteiger partial charge in [-0.2, -0.15) is 5.11 Å². The van der Waals surface area contributed by atoms with Crippen LogP contribution in [0.5, 0.6) is 0 Å². The fourth-order valence-electron chi connectivity index (χ4n) is 1.00. The highest BCUT2D eigenvalue weighted by molar-refractivity contribution is 5.74. The molecular formula is C6H11N3O. The monoisotopic (exact) mass is 141 g/mol. The first-order valence-corrected chi connectivity index (χ1v) is 3.39. The van der Waals surface area contributed by atoms with E-state index in [0.717, 1.165) is 12.8 Å². The van der Waals surface area contributed by atoms with Crippen molar-refractivity contribution in [2.24, 2.45) is 16.8 Å². The van der Waals surface area contributed by atoms with Crippen molar-refractivity contribution in [1.29, 1.82) is 5.53 Å². The highest BCUT2D eigenvalue weighted by atomic mass is 16.1. The van der Waals surface area contributed by atoms with E-state index in [1.807, 2.05) is 0 Å². The van der Waals surface area contributed by atoms with Crippen molar-refractivity contribution in [2.45, 2.75) is 25.3 Å². The van der Waals surface area contributed by atoms with Gasteiger partial charge in [0.1, 0.15) is 0 Å². The molecule has 1 unspecified atom stereocenters. The van der Waals surface area contributed by atoms with Gasteiger partial charge >= 0.3 is 0 Å². The smallest absolute Gasteiger partial charge is 0.219 e. The summed E-state index contributed by atoms with van der Waals surface area (Å²) in [6.07, 6.45) is 2.44. The number of nitrogens with two attached hydrogens (primary N) is 1. The van der Waals surface area contributed by atoms with E-state index in [-0.39, 0.29) is 18.4 Å². The van der Waals surface area contributed by atoms with Gasteiger partial charge in [0, 0.05) is 0 Å². The lowest BCUT2D eigenvalue weighted by molar-refractivity contribution is -0.118. The van der Waals surface area contributed by atoms with Gasteiger partial charge in [0.2, 0.25) is 5.91 Å². The molecule has 3 N–H and O–H groups in total. The molecule has 1 aliphatic rings. The second kappa shape index (κ2) is 2.77. The van der Waals surface area contributed by atoms with Gasteiger partial charge in [0.15, 0.2) is 0 Å². The minimum atomic E-state index is -0.354. The molecule has 1 saturated carbocycles. The molecule has 4 heteroatoms. The van der Waals surface area contributed by atoms with Gasteiger partial charge in [0.25, 0.3) is 0 Å². The molecule has 0 spiro atoms. The summed E-state index contributed by atoms with van der Waals surface area (Å²) >= 11 is 0. The molecular weight excluding hydrogens is 130 g/mol. The first-order chi connectivity index (χ1) is 4.74. The van der Waals surface area contributed by atoms with E-state index in [1.165, 1.54) is 0 Å². The molecule has 10 heavy (non-hydrogen) atoms. The van der Waals surface area contributed by atoms with Crippen LogP contribution in [-0.4, -0.2) is 11.9 Å². The van der Waals surface area contributed by atoms with Crippen molar-refractivity contribution < 1.29 is 4.79 Å². The average molecular weight is 141 g/mol. The van der Waals surface area contributed by atoms with Gasteiger partial charge in [-0.15, -0.1) is 0 Å². The van der Waals surface area contributed by atoms with Crippen LogP contribution in [0.15, 0.2) is 5.11 Å². The lowest BCUT2D eigenvalue weighted by Crippen LogP contribution is -2.19. The van der Waals surface area contributed by atoms with Crippen molar-refractivity contribution in [1.82, 2.24) is 0 Å². The van der Waals surface area contributed by atoms with Crippen molar-refractivity contribution >= 4 is 5.91 Å². The Balaban J connectivity index is 2.32. The van der Waals surface area contributed by atoms with E-state index < -0.39 is 0 Å². The molecule has 1 amide bonds. The van der Waals surface area contributed by atoms with Gasteiger partial charge in [-0.3, -0.25) is 4.79 Å². The van der Waals surface area contributed by atoms with Crippen LogP contribution in [0, 0.1) is 11.4 Å². The Morgan fingerprint density at radius 3 is 2.70 bits per heavy atom. The number of carbonyl (C=O) groups is 1. The van der Waals surface area contributed by atoms with E-state index in [1.54, 1.807) is 0 Å². The third-order valence-corrected chi connectivity index (χ3v) is 1.74. The van der Waals surface area contributed by atoms with E-state index in [4.69, 9.17) is 11.3 Å². The van der Waals surface area contributed by atoms with Crippen molar-refractivity contribution in [2.75, 3.05) is 0 Å². The molecule has 4 nitrogen and oxygen atoms in total. The molecule has 1 fully saturated rings. The van der Waals surface area contributed by atoms with Crippen LogP contribution in [0.25, 0.3) is 0 Å². The highest BCUT2D eigenvalue weighted by Crippen LogP contribution is 2.35. The minimum Gasteiger partial charge on any atom is -0.370 e. The Morgan fingerprint density at radius 1 is 1.80 bits per heavy atom. The summed E-state index contributed by atoms with van der Waals surface area (Å²) in [5, 5.41) is 3.34. The zero-order valence-electron chi connectivity index (χ0n) is 5.71. The maximum atomic E-state index is 10.4. The minimum absolute atomic E-state index is 0.127. The second-order valence-electron chi connectivity index (χ2n) is 2.70. The molecule has 1 aliphatic carbocycles. The summed E-state index contributed by atoms with van der Waals surface area (Å²) < 4.78 is 0. The van der Waals surface area contributed by atoms with Crippen LogP contribution in [0.1, 0.15) is 19.3 Å². The summed E-state index contributed by atoms with van der Waals surface area (Å²) in [4.78, 5) is 10.4. The molecule has 0 aromatic heterocycles. The molecule has 0 aromatic carbocycles. The quantitative estimate of drug-likeness (QED) is 0.554. The van der Waals surface area contributed by atoms with Crippen LogP contribution in [0.3, 0.4) is 0 Å². The van der Waals surface area contributed by atoms with E-state index in [9.17, 15) is 4.79 Å². The summed E-state index contributed by atoms with van der Waals surface area (Å²) in [5.74, 6) is 0.109. The van der Waals surface area contributed by atoms with Gasteiger partial charge in [-0.05, 0) is 18.8 Å². The summed E-state index contributed by atoms with van der Waals surface area (Å²) in [6.45, 7) is 0. The normalized spacial score (nSPS) is 20.0. The molecule has 0 aromatic rings. The molecule has 1 atom stereocenters. The lowest BCUT2D eigenvalue weighted by Gasteiger charge is -2.03. The number of rotatable bonds is 4. The molecule has 0 aliphatic heterocycles. The van der Waals surface area contributed by atoms with Crippen LogP contribution >= 0.6 is 0 Å². The topological polar surface area (TPSA) is 79.3 Å². The number of carbonyl (C=O) groups excluding carboxylic acids is 1. The fourth-order valence-corrected chi connectivity index (χ4v) is 1.00. The van der Waals surface area contributed by atoms with Gasteiger partial charge in [0.05, 0.1) is 12.5 Å². The van der Waals surface area contributed by atoms with Crippen LogP contribution in [0.2, 0.25) is 0 Å². The third-order valence-electron chi connectivity index (χ3n) is 1.74. The molecule has 0 heterocycles. The third kappa shape index (κ3) is 1.79. The number of nitrogens with one attached hydrogen (secondary N) is 1. The van der Waals surface area contributed by atoms with Gasteiger partial charge < -0.3 is 5.73 Å². The van der Waals surface area contributed by atoms with E-state index in [2.05, 4.69) is 5.11 Å². The lowest BCUT2D eigenvalue weighted by atomic mass is 10.1. The Kier molecular flexibility index (Phi) is 1.99. The largest absolute Gasteiger partial charge is 0.370 e. The maximum absolute atomic E-state index is 10.4. The molecule has 1 rings (SSSR count). The number of primary amides is 1. The number of nitrogens with zero attached hydrogens (tertiary/aromatic N) is 1. The average Bonchev–Trinajstić information content (AvgIpc) is 2.63. The van der Waals surface area contributed by atoms with Crippen molar-refractivity contribution in [3.63, 3.8) is 0 Å². The fraction of sp³-hybridized carbons (Fsp3) is 0.833. The number of hydrogen-bond donors (Lipinski definition) is 2. The van der Waals surface area contributed by atoms with Crippen LogP contribution < -0.4 is 5.73 Å². The first-order valence-electron chi connectivity index (χ1n) is 3.39. The SMILES string of the molecule is N=NC(CC(N)=O)C1CC1. The van der Waals surface area contributed by atoms with Gasteiger partial charge in [-0.1, -0.05) is 0 Å². The van der Waals surface area contributed by atoms with Crippen LogP contribution in [-0.2, 0) is 4.79 Å². The van der Waals surface area contributed by atoms with Crippen molar-refractivity contribution in [3.8, 4) is 0 Å². The Hall–Kier alpha value is -0.930. The second-order valence-corrected chi connectivity index (χ2v) is 2.70. The predicted octanol–water partition coefficient (Wildman–Crippen LogP) is 0.671. The standard InChI is InChI=1S/C6H11N3O/c7-6(10)3-5(9-8)4-1-2-4/h4-5,8H,1-3H2,(H2,7,10). The van der Waals surface area contributed by atoms with Crippen molar-refractivity contribution in [3.05, 3.63) is 0 Å². The number of hydrogen-bond acceptors (Lipinski definition) is 3. The molecule has 0 radical (unpaired) electrons. The summed E-state index contributed by atoms with van der Waals surface area (Å²) in [7, 11) is 0. The highest BCUT2D eigenvalue weighted by Gasteiger charge is 2.31. The van der Waals surface area contributed by atoms with E-state index in [0.29, 0.717) is 5.92 Å². The molecule has 0 bridgehead atoms. The number of amides is 1. The predicted molar refractivity (Wildman–Crippen MR) is 35.5 cm³/mol. The summed E-state index contributed by atoms with van der Waals surface area (Å²) in [5.41, 5.74) is 11.7.